The highest BCUT2D eigenvalue weighted by Gasteiger charge is 2.45. The van der Waals surface area contributed by atoms with Gasteiger partial charge in [-0.05, 0) is 50.6 Å². The summed E-state index contributed by atoms with van der Waals surface area (Å²) >= 11 is 12.8. The minimum absolute atomic E-state index is 0.0395. The quantitative estimate of drug-likeness (QED) is 0.244. The van der Waals surface area contributed by atoms with Gasteiger partial charge in [0, 0.05) is 11.6 Å². The number of anilines is 2. The molecular formula is C28H25Cl2N7O6. The molecule has 2 heterocycles. The fourth-order valence-corrected chi connectivity index (χ4v) is 4.64. The van der Waals surface area contributed by atoms with Gasteiger partial charge in [-0.1, -0.05) is 35.3 Å². The zero-order chi connectivity index (χ0) is 31.3. The predicted molar refractivity (Wildman–Crippen MR) is 158 cm³/mol. The predicted octanol–water partition coefficient (Wildman–Crippen LogP) is 4.97. The maximum atomic E-state index is 13.3. The molecule has 43 heavy (non-hydrogen) atoms. The van der Waals surface area contributed by atoms with Crippen LogP contribution >= 0.6 is 23.2 Å². The van der Waals surface area contributed by atoms with Crippen LogP contribution in [-0.2, 0) is 26.3 Å². The Kier molecular flexibility index (Phi) is 9.33. The molecule has 15 heteroatoms. The molecule has 0 spiro atoms. The van der Waals surface area contributed by atoms with Crippen molar-refractivity contribution in [2.45, 2.75) is 32.7 Å². The highest BCUT2D eigenvalue weighted by atomic mass is 35.5. The summed E-state index contributed by atoms with van der Waals surface area (Å²) in [6, 6.07) is 13.3. The average molecular weight is 626 g/mol. The second kappa shape index (κ2) is 12.9. The molecule has 2 aromatic carbocycles. The van der Waals surface area contributed by atoms with E-state index in [-0.39, 0.29) is 39.9 Å². The second-order valence-corrected chi connectivity index (χ2v) is 10.3. The molecule has 1 aromatic heterocycles. The van der Waals surface area contributed by atoms with Crippen molar-refractivity contribution < 1.29 is 28.6 Å². The lowest BCUT2D eigenvalue weighted by molar-refractivity contribution is -0.122. The number of methoxy groups -OCH3 is 1. The molecule has 0 saturated heterocycles. The van der Waals surface area contributed by atoms with Gasteiger partial charge >= 0.3 is 6.09 Å². The number of hydrogen-bond donors (Lipinski definition) is 2. The van der Waals surface area contributed by atoms with Gasteiger partial charge in [0.15, 0.2) is 11.6 Å². The van der Waals surface area contributed by atoms with Crippen LogP contribution < -0.4 is 25.1 Å². The van der Waals surface area contributed by atoms with Crippen LogP contribution in [0.25, 0.3) is 0 Å². The van der Waals surface area contributed by atoms with Gasteiger partial charge in [-0.25, -0.2) is 4.79 Å². The molecule has 1 aliphatic heterocycles. The molecule has 0 atom stereocenters. The van der Waals surface area contributed by atoms with E-state index in [9.17, 15) is 19.6 Å². The summed E-state index contributed by atoms with van der Waals surface area (Å²) in [6.45, 7) is 5.47. The van der Waals surface area contributed by atoms with Crippen LogP contribution in [0.2, 0.25) is 10.0 Å². The number of alkyl carbamates (subject to hydrolysis) is 1. The summed E-state index contributed by atoms with van der Waals surface area (Å²) in [7, 11) is 1.58. The monoisotopic (exact) mass is 625 g/mol. The number of halogens is 2. The first-order chi connectivity index (χ1) is 20.5. The second-order valence-electron chi connectivity index (χ2n) is 9.51. The van der Waals surface area contributed by atoms with Crippen molar-refractivity contribution in [3.05, 3.63) is 63.6 Å². The van der Waals surface area contributed by atoms with E-state index in [1.807, 2.05) is 29.6 Å². The Balaban J connectivity index is 1.52. The van der Waals surface area contributed by atoms with E-state index >= 15 is 0 Å². The maximum Gasteiger partial charge on any atom is 0.414 e. The van der Waals surface area contributed by atoms with Crippen LogP contribution in [0.5, 0.6) is 17.4 Å². The first-order valence-electron chi connectivity index (χ1n) is 12.7. The minimum atomic E-state index is -1.07. The van der Waals surface area contributed by atoms with Crippen molar-refractivity contribution in [1.82, 2.24) is 15.5 Å². The van der Waals surface area contributed by atoms with E-state index in [0.29, 0.717) is 23.7 Å². The van der Waals surface area contributed by atoms with Crippen molar-refractivity contribution in [2.24, 2.45) is 5.10 Å². The fraction of sp³-hybridized carbons (Fsp3) is 0.250. The standard InChI is InChI=1S/C28H25Cl2N7O6/c1-5-42-27(40)32-25(38)21(13-31)34-33-16-10-19(29)23(20(30)11-16)43-22-12-18-24(36-35-22)37(26(39)28(18,2)3)14-15-6-8-17(41-4)9-7-15/h6-12,33H,5,14H2,1-4H3,(H,32,38,40)/b34-21-. The molecule has 222 valence electrons. The number of hydrogen-bond acceptors (Lipinski definition) is 11. The number of aromatic nitrogens is 2. The van der Waals surface area contributed by atoms with E-state index in [4.69, 9.17) is 32.7 Å². The van der Waals surface area contributed by atoms with Crippen LogP contribution in [-0.4, -0.2) is 47.5 Å². The molecule has 0 bridgehead atoms. The number of rotatable bonds is 9. The van der Waals surface area contributed by atoms with Crippen molar-refractivity contribution in [2.75, 3.05) is 24.0 Å². The summed E-state index contributed by atoms with van der Waals surface area (Å²) in [4.78, 5) is 38.4. The summed E-state index contributed by atoms with van der Waals surface area (Å²) in [5.74, 6) is 0.000999. The first kappa shape index (κ1) is 31.0. The fourth-order valence-electron chi connectivity index (χ4n) is 4.08. The highest BCUT2D eigenvalue weighted by Crippen LogP contribution is 2.44. The Morgan fingerprint density at radius 3 is 2.40 bits per heavy atom. The van der Waals surface area contributed by atoms with Gasteiger partial charge in [0.1, 0.15) is 11.8 Å². The first-order valence-corrected chi connectivity index (χ1v) is 13.5. The summed E-state index contributed by atoms with van der Waals surface area (Å²) < 4.78 is 15.7. The van der Waals surface area contributed by atoms with Gasteiger partial charge in [-0.3, -0.25) is 25.2 Å². The molecule has 2 N–H and O–H groups in total. The number of hydrazone groups is 1. The largest absolute Gasteiger partial charge is 0.497 e. The lowest BCUT2D eigenvalue weighted by Gasteiger charge is -2.19. The number of benzene rings is 2. The number of amides is 3. The number of nitrogens with zero attached hydrogens (tertiary/aromatic N) is 5. The number of imide groups is 1. The van der Waals surface area contributed by atoms with Crippen molar-refractivity contribution in [3.63, 3.8) is 0 Å². The smallest absolute Gasteiger partial charge is 0.414 e. The van der Waals surface area contributed by atoms with E-state index in [1.165, 1.54) is 12.1 Å². The molecule has 0 unspecified atom stereocenters. The van der Waals surface area contributed by atoms with Gasteiger partial charge in [-0.2, -0.15) is 10.4 Å². The summed E-state index contributed by atoms with van der Waals surface area (Å²) in [6.07, 6.45) is -1.02. The Labute approximate surface area is 256 Å². The molecule has 0 fully saturated rings. The SMILES string of the molecule is CCOC(=O)NC(=O)/C(C#N)=N\Nc1cc(Cl)c(Oc2cc3c(nn2)N(Cc2ccc(OC)cc2)C(=O)C3(C)C)c(Cl)c1. The topological polar surface area (TPSA) is 168 Å². The van der Waals surface area contributed by atoms with Crippen molar-refractivity contribution in [3.8, 4) is 23.4 Å². The minimum Gasteiger partial charge on any atom is -0.497 e. The Hall–Kier alpha value is -4.93. The highest BCUT2D eigenvalue weighted by molar-refractivity contribution is 6.47. The van der Waals surface area contributed by atoms with Gasteiger partial charge in [-0.15, -0.1) is 10.2 Å². The number of carbonyl (C=O) groups is 3. The Morgan fingerprint density at radius 2 is 1.79 bits per heavy atom. The summed E-state index contributed by atoms with van der Waals surface area (Å²) in [5.41, 5.74) is 2.64. The third kappa shape index (κ3) is 6.77. The third-order valence-corrected chi connectivity index (χ3v) is 6.84. The van der Waals surface area contributed by atoms with Crippen LogP contribution in [0.15, 0.2) is 47.6 Å². The molecule has 1 aliphatic rings. The van der Waals surface area contributed by atoms with E-state index < -0.39 is 23.1 Å². The molecule has 0 radical (unpaired) electrons. The molecular weight excluding hydrogens is 601 g/mol. The number of fused-ring (bicyclic) bond motifs is 1. The zero-order valence-corrected chi connectivity index (χ0v) is 24.9. The number of carbonyl (C=O) groups excluding carboxylic acids is 3. The maximum absolute atomic E-state index is 13.3. The van der Waals surface area contributed by atoms with Crippen LogP contribution in [0.1, 0.15) is 31.9 Å². The average Bonchev–Trinajstić information content (AvgIpc) is 3.15. The van der Waals surface area contributed by atoms with E-state index in [0.717, 1.165) is 5.56 Å². The molecule has 4 rings (SSSR count). The molecule has 13 nitrogen and oxygen atoms in total. The summed E-state index contributed by atoms with van der Waals surface area (Å²) in [5, 5.41) is 23.3. The third-order valence-electron chi connectivity index (χ3n) is 6.27. The molecule has 3 aromatic rings. The van der Waals surface area contributed by atoms with Gasteiger partial charge in [0.2, 0.25) is 17.5 Å². The molecule has 0 saturated carbocycles. The lowest BCUT2D eigenvalue weighted by Crippen LogP contribution is -2.36. The number of ether oxygens (including phenoxy) is 3. The Morgan fingerprint density at radius 1 is 1.12 bits per heavy atom. The zero-order valence-electron chi connectivity index (χ0n) is 23.4. The van der Waals surface area contributed by atoms with E-state index in [1.54, 1.807) is 44.9 Å². The number of nitrogens with one attached hydrogen (secondary N) is 2. The number of nitriles is 1. The molecule has 3 amide bonds. The van der Waals surface area contributed by atoms with Gasteiger partial charge in [0.05, 0.1) is 41.4 Å². The lowest BCUT2D eigenvalue weighted by atomic mass is 9.87. The van der Waals surface area contributed by atoms with Crippen LogP contribution in [0.4, 0.5) is 16.3 Å². The van der Waals surface area contributed by atoms with E-state index in [2.05, 4.69) is 25.5 Å². The van der Waals surface area contributed by atoms with Gasteiger partial charge in [0.25, 0.3) is 5.91 Å². The van der Waals surface area contributed by atoms with Crippen molar-refractivity contribution >= 4 is 58.3 Å². The molecule has 0 aliphatic carbocycles. The van der Waals surface area contributed by atoms with Crippen molar-refractivity contribution in [1.29, 1.82) is 5.26 Å². The Bertz CT molecular complexity index is 1630. The van der Waals surface area contributed by atoms with Crippen LogP contribution in [0.3, 0.4) is 0 Å². The normalized spacial score (nSPS) is 13.6. The van der Waals surface area contributed by atoms with Gasteiger partial charge < -0.3 is 14.2 Å². The van der Waals surface area contributed by atoms with Crippen LogP contribution in [0, 0.1) is 11.3 Å².